The quantitative estimate of drug-likeness (QED) is 0.570. The molecule has 0 fully saturated rings. The number of nitrogens with zero attached hydrogens (tertiary/aromatic N) is 1. The Hall–Kier alpha value is -3.52. The third-order valence-electron chi connectivity index (χ3n) is 4.43. The van der Waals surface area contributed by atoms with Crippen molar-refractivity contribution in [3.8, 4) is 11.5 Å². The summed E-state index contributed by atoms with van der Waals surface area (Å²) in [6.45, 7) is 1.62. The standard InChI is InChI=1S/C21H19NO6S/c1-14-2-7-17(12-20(14)24)22(13-15-3-5-16(6-4-15)21(25)26)29(27,28)19-10-8-18(23)9-11-19/h2-12,23-24H,13H2,1H3,(H,25,26). The molecule has 0 aliphatic heterocycles. The number of aromatic carboxylic acids is 1. The minimum absolute atomic E-state index is 0.0301. The molecule has 0 aromatic heterocycles. The number of benzene rings is 3. The average molecular weight is 413 g/mol. The number of anilines is 1. The van der Waals surface area contributed by atoms with Gasteiger partial charge in [0.2, 0.25) is 0 Å². The van der Waals surface area contributed by atoms with Crippen molar-refractivity contribution in [2.75, 3.05) is 4.31 Å². The first-order valence-corrected chi connectivity index (χ1v) is 10.1. The number of phenols is 2. The van der Waals surface area contributed by atoms with Gasteiger partial charge in [0.1, 0.15) is 11.5 Å². The minimum atomic E-state index is -4.03. The Labute approximate surface area is 168 Å². The third-order valence-corrected chi connectivity index (χ3v) is 6.22. The van der Waals surface area contributed by atoms with Gasteiger partial charge in [0.05, 0.1) is 22.7 Å². The Morgan fingerprint density at radius 2 is 1.55 bits per heavy atom. The molecule has 3 rings (SSSR count). The van der Waals surface area contributed by atoms with Crippen LogP contribution in [0.1, 0.15) is 21.5 Å². The van der Waals surface area contributed by atoms with Crippen molar-refractivity contribution in [2.24, 2.45) is 0 Å². The molecule has 3 aromatic carbocycles. The van der Waals surface area contributed by atoms with E-state index < -0.39 is 16.0 Å². The molecule has 8 heteroatoms. The van der Waals surface area contributed by atoms with E-state index in [9.17, 15) is 23.4 Å². The second-order valence-corrected chi connectivity index (χ2v) is 8.34. The zero-order valence-electron chi connectivity index (χ0n) is 15.5. The van der Waals surface area contributed by atoms with Gasteiger partial charge in [0.15, 0.2) is 0 Å². The van der Waals surface area contributed by atoms with Crippen LogP contribution in [0.4, 0.5) is 5.69 Å². The fourth-order valence-corrected chi connectivity index (χ4v) is 4.18. The molecule has 0 unspecified atom stereocenters. The zero-order chi connectivity index (χ0) is 21.2. The topological polar surface area (TPSA) is 115 Å². The van der Waals surface area contributed by atoms with E-state index in [0.29, 0.717) is 11.1 Å². The fourth-order valence-electron chi connectivity index (χ4n) is 2.73. The van der Waals surface area contributed by atoms with E-state index in [4.69, 9.17) is 5.11 Å². The van der Waals surface area contributed by atoms with E-state index in [1.54, 1.807) is 19.1 Å². The van der Waals surface area contributed by atoms with E-state index in [1.807, 2.05) is 0 Å². The van der Waals surface area contributed by atoms with Crippen LogP contribution in [0.15, 0.2) is 71.6 Å². The van der Waals surface area contributed by atoms with Crippen LogP contribution in [0.5, 0.6) is 11.5 Å². The highest BCUT2D eigenvalue weighted by Gasteiger charge is 2.26. The first-order valence-electron chi connectivity index (χ1n) is 8.62. The lowest BCUT2D eigenvalue weighted by atomic mass is 10.1. The number of hydrogen-bond acceptors (Lipinski definition) is 5. The summed E-state index contributed by atoms with van der Waals surface area (Å²) >= 11 is 0. The molecule has 0 aliphatic carbocycles. The molecule has 150 valence electrons. The van der Waals surface area contributed by atoms with Gasteiger partial charge in [-0.2, -0.15) is 0 Å². The Bertz CT molecular complexity index is 1140. The third kappa shape index (κ3) is 4.33. The van der Waals surface area contributed by atoms with Crippen LogP contribution >= 0.6 is 0 Å². The van der Waals surface area contributed by atoms with Crippen molar-refractivity contribution in [3.63, 3.8) is 0 Å². The van der Waals surface area contributed by atoms with Crippen molar-refractivity contribution >= 4 is 21.7 Å². The molecule has 0 saturated heterocycles. The summed E-state index contributed by atoms with van der Waals surface area (Å²) in [5.41, 5.74) is 1.51. The molecule has 0 radical (unpaired) electrons. The Kier molecular flexibility index (Phi) is 5.47. The molecule has 0 atom stereocenters. The SMILES string of the molecule is Cc1ccc(N(Cc2ccc(C(=O)O)cc2)S(=O)(=O)c2ccc(O)cc2)cc1O. The van der Waals surface area contributed by atoms with Gasteiger partial charge in [0.25, 0.3) is 10.0 Å². The number of carboxylic acids is 1. The summed E-state index contributed by atoms with van der Waals surface area (Å²) in [6, 6.07) is 15.6. The number of aromatic hydroxyl groups is 2. The summed E-state index contributed by atoms with van der Waals surface area (Å²) in [4.78, 5) is 11.0. The number of carbonyl (C=O) groups is 1. The van der Waals surface area contributed by atoms with Crippen molar-refractivity contribution in [1.82, 2.24) is 0 Å². The molecule has 0 heterocycles. The minimum Gasteiger partial charge on any atom is -0.508 e. The largest absolute Gasteiger partial charge is 0.508 e. The van der Waals surface area contributed by atoms with E-state index in [2.05, 4.69) is 0 Å². The molecule has 0 spiro atoms. The lowest BCUT2D eigenvalue weighted by Gasteiger charge is -2.25. The second-order valence-electron chi connectivity index (χ2n) is 6.48. The van der Waals surface area contributed by atoms with E-state index in [1.165, 1.54) is 54.6 Å². The van der Waals surface area contributed by atoms with Crippen LogP contribution in [0.3, 0.4) is 0 Å². The van der Waals surface area contributed by atoms with Gasteiger partial charge in [-0.25, -0.2) is 13.2 Å². The molecule has 7 nitrogen and oxygen atoms in total. The number of aryl methyl sites for hydroxylation is 1. The summed E-state index contributed by atoms with van der Waals surface area (Å²) < 4.78 is 27.7. The normalized spacial score (nSPS) is 11.2. The summed E-state index contributed by atoms with van der Waals surface area (Å²) in [6.07, 6.45) is 0. The van der Waals surface area contributed by atoms with Crippen molar-refractivity contribution in [2.45, 2.75) is 18.4 Å². The Morgan fingerprint density at radius 1 is 0.931 bits per heavy atom. The van der Waals surface area contributed by atoms with Crippen LogP contribution in [0.25, 0.3) is 0 Å². The van der Waals surface area contributed by atoms with Crippen LogP contribution < -0.4 is 4.31 Å². The summed E-state index contributed by atoms with van der Waals surface area (Å²) in [5, 5.41) is 28.6. The lowest BCUT2D eigenvalue weighted by Crippen LogP contribution is -2.30. The van der Waals surface area contributed by atoms with Gasteiger partial charge in [-0.1, -0.05) is 18.2 Å². The summed E-state index contributed by atoms with van der Waals surface area (Å²) in [7, 11) is -4.03. The van der Waals surface area contributed by atoms with Gasteiger partial charge in [-0.05, 0) is 60.5 Å². The van der Waals surface area contributed by atoms with E-state index >= 15 is 0 Å². The van der Waals surface area contributed by atoms with Crippen molar-refractivity contribution < 1.29 is 28.5 Å². The average Bonchev–Trinajstić information content (AvgIpc) is 2.69. The molecule has 0 aliphatic rings. The maximum atomic E-state index is 13.3. The molecule has 3 aromatic rings. The highest BCUT2D eigenvalue weighted by Crippen LogP contribution is 2.30. The van der Waals surface area contributed by atoms with Crippen molar-refractivity contribution in [1.29, 1.82) is 0 Å². The number of hydrogen-bond donors (Lipinski definition) is 3. The van der Waals surface area contributed by atoms with Gasteiger partial charge in [0, 0.05) is 6.07 Å². The van der Waals surface area contributed by atoms with Gasteiger partial charge >= 0.3 is 5.97 Å². The first kappa shape index (κ1) is 20.2. The number of sulfonamides is 1. The van der Waals surface area contributed by atoms with Crippen molar-refractivity contribution in [3.05, 3.63) is 83.4 Å². The Balaban J connectivity index is 2.07. The van der Waals surface area contributed by atoms with Crippen LogP contribution in [-0.2, 0) is 16.6 Å². The maximum absolute atomic E-state index is 13.3. The predicted molar refractivity (Wildman–Crippen MR) is 108 cm³/mol. The molecule has 0 saturated carbocycles. The predicted octanol–water partition coefficient (Wildman–Crippen LogP) is 3.50. The maximum Gasteiger partial charge on any atom is 0.335 e. The van der Waals surface area contributed by atoms with Crippen LogP contribution in [0.2, 0.25) is 0 Å². The molecular weight excluding hydrogens is 394 g/mol. The smallest absolute Gasteiger partial charge is 0.335 e. The zero-order valence-corrected chi connectivity index (χ0v) is 16.3. The molecule has 0 bridgehead atoms. The van der Waals surface area contributed by atoms with Gasteiger partial charge < -0.3 is 15.3 Å². The molecule has 0 amide bonds. The van der Waals surface area contributed by atoms with Gasteiger partial charge in [-0.3, -0.25) is 4.31 Å². The number of rotatable bonds is 6. The van der Waals surface area contributed by atoms with E-state index in [0.717, 1.165) is 4.31 Å². The fraction of sp³-hybridized carbons (Fsp3) is 0.0952. The first-order chi connectivity index (χ1) is 13.7. The highest BCUT2D eigenvalue weighted by molar-refractivity contribution is 7.92. The second kappa shape index (κ2) is 7.84. The van der Waals surface area contributed by atoms with Gasteiger partial charge in [-0.15, -0.1) is 0 Å². The molecule has 29 heavy (non-hydrogen) atoms. The number of phenolic OH excluding ortho intramolecular Hbond substituents is 2. The van der Waals surface area contributed by atoms with E-state index in [-0.39, 0.29) is 34.2 Å². The highest BCUT2D eigenvalue weighted by atomic mass is 32.2. The monoisotopic (exact) mass is 413 g/mol. The van der Waals surface area contributed by atoms with Crippen LogP contribution in [-0.4, -0.2) is 29.7 Å². The summed E-state index contributed by atoms with van der Waals surface area (Å²) in [5.74, 6) is -1.18. The molecular formula is C21H19NO6S. The van der Waals surface area contributed by atoms with Crippen LogP contribution in [0, 0.1) is 6.92 Å². The lowest BCUT2D eigenvalue weighted by molar-refractivity contribution is 0.0697. The molecule has 3 N–H and O–H groups in total. The number of carboxylic acid groups (broad SMARTS) is 1. The Morgan fingerprint density at radius 3 is 2.10 bits per heavy atom.